The molecule has 16 heavy (non-hydrogen) atoms. The van der Waals surface area contributed by atoms with Gasteiger partial charge in [-0.15, -0.1) is 11.3 Å². The highest BCUT2D eigenvalue weighted by Gasteiger charge is 2.11. The average Bonchev–Trinajstić information content (AvgIpc) is 2.58. The SMILES string of the molecule is CC(C)(C)SCc1ccc(C=CC(=O)O)s1. The maximum atomic E-state index is 10.4. The number of hydrogen-bond acceptors (Lipinski definition) is 3. The molecule has 0 radical (unpaired) electrons. The molecule has 0 atom stereocenters. The van der Waals surface area contributed by atoms with E-state index in [1.165, 1.54) is 11.0 Å². The van der Waals surface area contributed by atoms with Gasteiger partial charge in [-0.25, -0.2) is 4.79 Å². The summed E-state index contributed by atoms with van der Waals surface area (Å²) in [6.45, 7) is 6.57. The summed E-state index contributed by atoms with van der Waals surface area (Å²) in [6, 6.07) is 4.02. The summed E-state index contributed by atoms with van der Waals surface area (Å²) in [6.07, 6.45) is 2.81. The standard InChI is InChI=1S/C12H16O2S2/c1-12(2,3)15-8-10-5-4-9(16-10)6-7-11(13)14/h4-7H,8H2,1-3H3,(H,13,14). The molecule has 1 N–H and O–H groups in total. The molecule has 4 heteroatoms. The minimum absolute atomic E-state index is 0.265. The van der Waals surface area contributed by atoms with Crippen molar-refractivity contribution in [3.63, 3.8) is 0 Å². The quantitative estimate of drug-likeness (QED) is 0.831. The van der Waals surface area contributed by atoms with Crippen LogP contribution >= 0.6 is 23.1 Å². The Hall–Kier alpha value is -0.740. The van der Waals surface area contributed by atoms with Gasteiger partial charge in [0, 0.05) is 26.3 Å². The van der Waals surface area contributed by atoms with Crippen LogP contribution in [0.2, 0.25) is 0 Å². The molecule has 1 heterocycles. The molecular formula is C12H16O2S2. The van der Waals surface area contributed by atoms with Crippen LogP contribution in [0.5, 0.6) is 0 Å². The van der Waals surface area contributed by atoms with Crippen LogP contribution in [0.15, 0.2) is 18.2 Å². The van der Waals surface area contributed by atoms with Crippen LogP contribution < -0.4 is 0 Å². The van der Waals surface area contributed by atoms with Crippen molar-refractivity contribution in [2.45, 2.75) is 31.3 Å². The van der Waals surface area contributed by atoms with Crippen molar-refractivity contribution < 1.29 is 9.90 Å². The number of hydrogen-bond donors (Lipinski definition) is 1. The fraction of sp³-hybridized carbons (Fsp3) is 0.417. The molecule has 2 nitrogen and oxygen atoms in total. The van der Waals surface area contributed by atoms with Crippen molar-refractivity contribution in [2.24, 2.45) is 0 Å². The molecule has 0 saturated carbocycles. The third kappa shape index (κ3) is 5.37. The zero-order valence-corrected chi connectivity index (χ0v) is 11.3. The highest BCUT2D eigenvalue weighted by molar-refractivity contribution is 7.99. The van der Waals surface area contributed by atoms with E-state index in [0.717, 1.165) is 10.6 Å². The van der Waals surface area contributed by atoms with Crippen molar-refractivity contribution in [3.8, 4) is 0 Å². The van der Waals surface area contributed by atoms with E-state index in [2.05, 4.69) is 26.8 Å². The van der Waals surface area contributed by atoms with E-state index >= 15 is 0 Å². The fourth-order valence-electron chi connectivity index (χ4n) is 1.00. The van der Waals surface area contributed by atoms with Gasteiger partial charge in [0.1, 0.15) is 0 Å². The van der Waals surface area contributed by atoms with Crippen LogP contribution in [-0.4, -0.2) is 15.8 Å². The van der Waals surface area contributed by atoms with E-state index in [1.54, 1.807) is 17.4 Å². The Balaban J connectivity index is 2.55. The fourth-order valence-corrected chi connectivity index (χ4v) is 2.80. The molecule has 0 aromatic carbocycles. The third-order valence-corrected chi connectivity index (χ3v) is 4.27. The molecule has 0 aliphatic heterocycles. The van der Waals surface area contributed by atoms with Gasteiger partial charge in [0.25, 0.3) is 0 Å². The Kier molecular flexibility index (Phi) is 4.62. The Morgan fingerprint density at radius 3 is 2.75 bits per heavy atom. The molecule has 0 saturated heterocycles. The maximum Gasteiger partial charge on any atom is 0.328 e. The van der Waals surface area contributed by atoms with Crippen molar-refractivity contribution in [3.05, 3.63) is 28.0 Å². The topological polar surface area (TPSA) is 37.3 Å². The molecule has 0 amide bonds. The van der Waals surface area contributed by atoms with Gasteiger partial charge in [-0.2, -0.15) is 11.8 Å². The van der Waals surface area contributed by atoms with E-state index in [0.29, 0.717) is 0 Å². The van der Waals surface area contributed by atoms with Crippen LogP contribution in [-0.2, 0) is 10.5 Å². The Bertz CT molecular complexity index is 386. The van der Waals surface area contributed by atoms with E-state index in [4.69, 9.17) is 5.11 Å². The first kappa shape index (κ1) is 13.3. The van der Waals surface area contributed by atoms with Gasteiger partial charge in [-0.1, -0.05) is 20.8 Å². The highest BCUT2D eigenvalue weighted by Crippen LogP contribution is 2.30. The summed E-state index contributed by atoms with van der Waals surface area (Å²) in [7, 11) is 0. The summed E-state index contributed by atoms with van der Waals surface area (Å²) >= 11 is 3.54. The molecule has 0 unspecified atom stereocenters. The Morgan fingerprint density at radius 1 is 1.50 bits per heavy atom. The van der Waals surface area contributed by atoms with Crippen LogP contribution in [0.1, 0.15) is 30.5 Å². The molecule has 1 rings (SSSR count). The van der Waals surface area contributed by atoms with Gasteiger partial charge >= 0.3 is 5.97 Å². The number of rotatable bonds is 4. The molecule has 0 aliphatic rings. The molecule has 0 fully saturated rings. The highest BCUT2D eigenvalue weighted by atomic mass is 32.2. The monoisotopic (exact) mass is 256 g/mol. The summed E-state index contributed by atoms with van der Waals surface area (Å²) < 4.78 is 0.265. The maximum absolute atomic E-state index is 10.4. The lowest BCUT2D eigenvalue weighted by molar-refractivity contribution is -0.131. The van der Waals surface area contributed by atoms with Crippen molar-refractivity contribution in [1.82, 2.24) is 0 Å². The Labute approximate surface area is 104 Å². The zero-order valence-electron chi connectivity index (χ0n) is 9.69. The normalized spacial score (nSPS) is 12.2. The van der Waals surface area contributed by atoms with E-state index in [-0.39, 0.29) is 4.75 Å². The molecule has 88 valence electrons. The predicted octanol–water partition coefficient (Wildman–Crippen LogP) is 3.88. The molecule has 0 spiro atoms. The van der Waals surface area contributed by atoms with E-state index < -0.39 is 5.97 Å². The van der Waals surface area contributed by atoms with Gasteiger partial charge in [0.2, 0.25) is 0 Å². The van der Waals surface area contributed by atoms with Gasteiger partial charge in [-0.3, -0.25) is 0 Å². The lowest BCUT2D eigenvalue weighted by atomic mass is 10.3. The molecule has 1 aromatic rings. The summed E-state index contributed by atoms with van der Waals surface area (Å²) in [4.78, 5) is 12.6. The second kappa shape index (κ2) is 5.55. The summed E-state index contributed by atoms with van der Waals surface area (Å²) in [5.74, 6) is 0.0775. The minimum Gasteiger partial charge on any atom is -0.478 e. The van der Waals surface area contributed by atoms with Gasteiger partial charge in [0.15, 0.2) is 0 Å². The second-order valence-corrected chi connectivity index (χ2v) is 7.38. The predicted molar refractivity (Wildman–Crippen MR) is 72.0 cm³/mol. The molecule has 1 aromatic heterocycles. The van der Waals surface area contributed by atoms with Crippen LogP contribution in [0.4, 0.5) is 0 Å². The average molecular weight is 256 g/mol. The summed E-state index contributed by atoms with van der Waals surface area (Å²) in [5, 5.41) is 8.51. The van der Waals surface area contributed by atoms with E-state index in [9.17, 15) is 4.79 Å². The second-order valence-electron chi connectivity index (χ2n) is 4.38. The lowest BCUT2D eigenvalue weighted by Gasteiger charge is -2.16. The largest absolute Gasteiger partial charge is 0.478 e. The number of aliphatic carboxylic acids is 1. The van der Waals surface area contributed by atoms with Gasteiger partial charge in [0.05, 0.1) is 0 Å². The lowest BCUT2D eigenvalue weighted by Crippen LogP contribution is -2.06. The van der Waals surface area contributed by atoms with Crippen molar-refractivity contribution in [1.29, 1.82) is 0 Å². The summed E-state index contributed by atoms with van der Waals surface area (Å²) in [5.41, 5.74) is 0. The van der Waals surface area contributed by atoms with Crippen LogP contribution in [0.3, 0.4) is 0 Å². The smallest absolute Gasteiger partial charge is 0.328 e. The number of carboxylic acids is 1. The van der Waals surface area contributed by atoms with Gasteiger partial charge < -0.3 is 5.11 Å². The molecule has 0 aliphatic carbocycles. The number of carboxylic acid groups (broad SMARTS) is 1. The van der Waals surface area contributed by atoms with Crippen molar-refractivity contribution >= 4 is 35.1 Å². The first-order chi connectivity index (χ1) is 7.37. The molecule has 0 bridgehead atoms. The van der Waals surface area contributed by atoms with Crippen LogP contribution in [0.25, 0.3) is 6.08 Å². The molecular weight excluding hydrogens is 240 g/mol. The zero-order chi connectivity index (χ0) is 12.2. The minimum atomic E-state index is -0.904. The third-order valence-electron chi connectivity index (χ3n) is 1.72. The number of carbonyl (C=O) groups is 1. The number of thiophene rings is 1. The first-order valence-corrected chi connectivity index (χ1v) is 6.81. The van der Waals surface area contributed by atoms with Crippen molar-refractivity contribution in [2.75, 3.05) is 0 Å². The van der Waals surface area contributed by atoms with Crippen LogP contribution in [0, 0.1) is 0 Å². The van der Waals surface area contributed by atoms with Gasteiger partial charge in [-0.05, 0) is 18.2 Å². The first-order valence-electron chi connectivity index (χ1n) is 5.00. The van der Waals surface area contributed by atoms with E-state index in [1.807, 2.05) is 17.8 Å². The Morgan fingerprint density at radius 2 is 2.19 bits per heavy atom. The number of thioether (sulfide) groups is 1.